The van der Waals surface area contributed by atoms with Gasteiger partial charge in [0.2, 0.25) is 9.84 Å². The van der Waals surface area contributed by atoms with Gasteiger partial charge in [0.15, 0.2) is 5.58 Å². The van der Waals surface area contributed by atoms with Crippen LogP contribution in [0.4, 0.5) is 18.9 Å². The summed E-state index contributed by atoms with van der Waals surface area (Å²) in [5, 5.41) is -0.571. The Morgan fingerprint density at radius 3 is 2.71 bits per heavy atom. The van der Waals surface area contributed by atoms with Crippen molar-refractivity contribution in [1.82, 2.24) is 4.98 Å². The quantitative estimate of drug-likeness (QED) is 0.665. The molecule has 2 aromatic rings. The van der Waals surface area contributed by atoms with Crippen LogP contribution in [-0.2, 0) is 14.6 Å². The minimum absolute atomic E-state index is 0.221. The second-order valence-corrected chi connectivity index (χ2v) is 6.18. The van der Waals surface area contributed by atoms with Gasteiger partial charge in [-0.1, -0.05) is 0 Å². The number of rotatable bonds is 5. The Bertz CT molecular complexity index is 739. The number of alkyl halides is 3. The zero-order valence-electron chi connectivity index (χ0n) is 10.6. The summed E-state index contributed by atoms with van der Waals surface area (Å²) >= 11 is 0. The second-order valence-electron chi connectivity index (χ2n) is 4.19. The maximum Gasteiger partial charge on any atom is 0.411 e. The van der Waals surface area contributed by atoms with Crippen LogP contribution in [0.2, 0.25) is 0 Å². The van der Waals surface area contributed by atoms with Gasteiger partial charge >= 0.3 is 11.4 Å². The fraction of sp³-hybridized carbons (Fsp3) is 0.364. The molecule has 0 fully saturated rings. The Morgan fingerprint density at radius 1 is 1.33 bits per heavy atom. The van der Waals surface area contributed by atoms with E-state index in [1.807, 2.05) is 0 Å². The van der Waals surface area contributed by atoms with Gasteiger partial charge in [-0.15, -0.1) is 0 Å². The summed E-state index contributed by atoms with van der Waals surface area (Å²) in [7, 11) is -3.96. The monoisotopic (exact) mass is 324 g/mol. The number of oxazole rings is 1. The first-order valence-corrected chi connectivity index (χ1v) is 7.36. The van der Waals surface area contributed by atoms with Crippen LogP contribution in [0.25, 0.3) is 11.1 Å². The highest BCUT2D eigenvalue weighted by Gasteiger charge is 2.28. The number of ether oxygens (including phenoxy) is 1. The molecule has 116 valence electrons. The summed E-state index contributed by atoms with van der Waals surface area (Å²) in [6.07, 6.45) is -4.50. The number of sulfone groups is 1. The Hall–Kier alpha value is -1.81. The zero-order chi connectivity index (χ0) is 15.7. The molecule has 1 aromatic carbocycles. The van der Waals surface area contributed by atoms with Gasteiger partial charge in [-0.2, -0.15) is 18.2 Å². The van der Waals surface area contributed by atoms with Crippen molar-refractivity contribution in [3.05, 3.63) is 18.2 Å². The summed E-state index contributed by atoms with van der Waals surface area (Å²) in [5.74, 6) is -0.661. The van der Waals surface area contributed by atoms with Crippen LogP contribution in [0, 0.1) is 0 Å². The molecule has 2 N–H and O–H groups in total. The molecule has 0 unspecified atom stereocenters. The van der Waals surface area contributed by atoms with Gasteiger partial charge < -0.3 is 14.9 Å². The van der Waals surface area contributed by atoms with Crippen molar-refractivity contribution in [1.29, 1.82) is 0 Å². The highest BCUT2D eigenvalue weighted by Crippen LogP contribution is 2.22. The molecule has 0 saturated heterocycles. The first kappa shape index (κ1) is 15.6. The van der Waals surface area contributed by atoms with Gasteiger partial charge in [0.25, 0.3) is 0 Å². The minimum Gasteiger partial charge on any atom is -0.428 e. The smallest absolute Gasteiger partial charge is 0.411 e. The zero-order valence-corrected chi connectivity index (χ0v) is 11.4. The lowest BCUT2D eigenvalue weighted by Crippen LogP contribution is -2.20. The summed E-state index contributed by atoms with van der Waals surface area (Å²) < 4.78 is 68.6. The standard InChI is InChI=1S/C11H11F3N2O4S/c12-11(13,14)6-19-3-4-21(17,18)10-16-8-5-7(15)1-2-9(8)20-10/h1-2,5H,3-4,6,15H2. The van der Waals surface area contributed by atoms with Crippen molar-refractivity contribution in [2.45, 2.75) is 11.4 Å². The van der Waals surface area contributed by atoms with Gasteiger partial charge in [0, 0.05) is 5.69 Å². The van der Waals surface area contributed by atoms with E-state index in [0.717, 1.165) is 0 Å². The molecule has 0 amide bonds. The number of fused-ring (bicyclic) bond motifs is 1. The van der Waals surface area contributed by atoms with Gasteiger partial charge in [0.1, 0.15) is 12.1 Å². The summed E-state index contributed by atoms with van der Waals surface area (Å²) in [4.78, 5) is 3.76. The molecule has 10 heteroatoms. The Morgan fingerprint density at radius 2 is 2.05 bits per heavy atom. The molecule has 1 aromatic heterocycles. The van der Waals surface area contributed by atoms with Crippen LogP contribution in [-0.4, -0.2) is 38.5 Å². The number of nitrogens with two attached hydrogens (primary N) is 1. The van der Waals surface area contributed by atoms with E-state index in [-0.39, 0.29) is 11.1 Å². The number of anilines is 1. The topological polar surface area (TPSA) is 95.4 Å². The van der Waals surface area contributed by atoms with E-state index < -0.39 is 40.2 Å². The average Bonchev–Trinajstić information content (AvgIpc) is 2.77. The third kappa shape index (κ3) is 4.08. The Balaban J connectivity index is 2.07. The van der Waals surface area contributed by atoms with Crippen LogP contribution in [0.5, 0.6) is 0 Å². The molecule has 0 aliphatic carbocycles. The molecular weight excluding hydrogens is 313 g/mol. The molecule has 0 saturated carbocycles. The summed E-state index contributed by atoms with van der Waals surface area (Å²) in [5.41, 5.74) is 6.38. The number of benzene rings is 1. The van der Waals surface area contributed by atoms with Gasteiger partial charge in [-0.05, 0) is 18.2 Å². The lowest BCUT2D eigenvalue weighted by Gasteiger charge is -2.06. The Kier molecular flexibility index (Phi) is 4.10. The molecule has 0 atom stereocenters. The van der Waals surface area contributed by atoms with Crippen LogP contribution in [0.1, 0.15) is 0 Å². The van der Waals surface area contributed by atoms with Crippen LogP contribution in [0.15, 0.2) is 27.8 Å². The van der Waals surface area contributed by atoms with Crippen LogP contribution in [0.3, 0.4) is 0 Å². The number of nitrogen functional groups attached to an aromatic ring is 1. The molecule has 0 aliphatic rings. The molecule has 0 bridgehead atoms. The van der Waals surface area contributed by atoms with Gasteiger partial charge in [0.05, 0.1) is 12.4 Å². The second kappa shape index (κ2) is 5.53. The van der Waals surface area contributed by atoms with Crippen LogP contribution < -0.4 is 5.73 Å². The largest absolute Gasteiger partial charge is 0.428 e. The SMILES string of the molecule is Nc1ccc2oc(S(=O)(=O)CCOCC(F)(F)F)nc2c1. The van der Waals surface area contributed by atoms with E-state index in [1.54, 1.807) is 0 Å². The van der Waals surface area contributed by atoms with Crippen molar-refractivity contribution in [3.8, 4) is 0 Å². The van der Waals surface area contributed by atoms with E-state index >= 15 is 0 Å². The van der Waals surface area contributed by atoms with Crippen molar-refractivity contribution in [2.24, 2.45) is 0 Å². The molecular formula is C11H11F3N2O4S. The fourth-order valence-corrected chi connectivity index (χ4v) is 2.47. The highest BCUT2D eigenvalue weighted by atomic mass is 32.2. The molecule has 6 nitrogen and oxygen atoms in total. The van der Waals surface area contributed by atoms with E-state index in [1.165, 1.54) is 18.2 Å². The number of hydrogen-bond acceptors (Lipinski definition) is 6. The van der Waals surface area contributed by atoms with E-state index in [2.05, 4.69) is 9.72 Å². The number of hydrogen-bond donors (Lipinski definition) is 1. The number of aromatic nitrogens is 1. The molecule has 1 heterocycles. The summed E-state index contributed by atoms with van der Waals surface area (Å²) in [6.45, 7) is -2.12. The molecule has 0 radical (unpaired) electrons. The van der Waals surface area contributed by atoms with Crippen molar-refractivity contribution in [2.75, 3.05) is 24.7 Å². The van der Waals surface area contributed by atoms with Crippen molar-refractivity contribution in [3.63, 3.8) is 0 Å². The summed E-state index contributed by atoms with van der Waals surface area (Å²) in [6, 6.07) is 4.39. The van der Waals surface area contributed by atoms with Crippen molar-refractivity contribution < 1.29 is 30.7 Å². The lowest BCUT2D eigenvalue weighted by molar-refractivity contribution is -0.172. The molecule has 21 heavy (non-hydrogen) atoms. The van der Waals surface area contributed by atoms with E-state index in [0.29, 0.717) is 5.69 Å². The highest BCUT2D eigenvalue weighted by molar-refractivity contribution is 7.91. The average molecular weight is 324 g/mol. The number of nitrogens with zero attached hydrogens (tertiary/aromatic N) is 1. The third-order valence-corrected chi connectivity index (χ3v) is 3.83. The molecule has 0 spiro atoms. The molecule has 0 aliphatic heterocycles. The van der Waals surface area contributed by atoms with Crippen LogP contribution >= 0.6 is 0 Å². The first-order valence-electron chi connectivity index (χ1n) is 5.71. The predicted molar refractivity (Wildman–Crippen MR) is 67.3 cm³/mol. The molecule has 2 rings (SSSR count). The number of halogens is 3. The first-order chi connectivity index (χ1) is 9.67. The normalized spacial score (nSPS) is 12.9. The maximum atomic E-state index is 11.9. The van der Waals surface area contributed by atoms with Gasteiger partial charge in [-0.25, -0.2) is 8.42 Å². The third-order valence-electron chi connectivity index (χ3n) is 2.42. The van der Waals surface area contributed by atoms with Crippen molar-refractivity contribution >= 4 is 26.6 Å². The fourth-order valence-electron chi connectivity index (χ4n) is 1.50. The van der Waals surface area contributed by atoms with E-state index in [9.17, 15) is 21.6 Å². The Labute approximate surface area is 117 Å². The maximum absolute atomic E-state index is 11.9. The minimum atomic E-state index is -4.50. The van der Waals surface area contributed by atoms with Gasteiger partial charge in [-0.3, -0.25) is 0 Å². The predicted octanol–water partition coefficient (Wildman–Crippen LogP) is 1.76. The van der Waals surface area contributed by atoms with E-state index in [4.69, 9.17) is 10.2 Å². The lowest BCUT2D eigenvalue weighted by atomic mass is 10.3.